The maximum Gasteiger partial charge on any atom is 0.306 e. The van der Waals surface area contributed by atoms with Crippen molar-refractivity contribution in [3.63, 3.8) is 0 Å². The number of carboxylic acids is 1. The second kappa shape index (κ2) is 5.07. The number of aliphatic carboxylic acids is 1. The van der Waals surface area contributed by atoms with Crippen molar-refractivity contribution in [2.24, 2.45) is 5.92 Å². The molecule has 0 bridgehead atoms. The highest BCUT2D eigenvalue weighted by Crippen LogP contribution is 2.28. The zero-order valence-corrected chi connectivity index (χ0v) is 9.26. The van der Waals surface area contributed by atoms with Gasteiger partial charge in [-0.25, -0.2) is 8.78 Å². The van der Waals surface area contributed by atoms with Gasteiger partial charge in [-0.05, 0) is 12.5 Å². The Labute approximate surface area is 95.8 Å². The third-order valence-corrected chi connectivity index (χ3v) is 2.35. The minimum absolute atomic E-state index is 0.0150. The molecular weight excluding hydrogens is 237 g/mol. The van der Waals surface area contributed by atoms with E-state index in [-0.39, 0.29) is 12.0 Å². The first-order chi connectivity index (χ1) is 7.88. The minimum atomic E-state index is -1.63. The molecule has 3 nitrogen and oxygen atoms in total. The van der Waals surface area contributed by atoms with E-state index in [1.807, 2.05) is 0 Å². The van der Waals surface area contributed by atoms with E-state index in [4.69, 9.17) is 5.11 Å². The van der Waals surface area contributed by atoms with Crippen LogP contribution in [0.1, 0.15) is 12.5 Å². The van der Waals surface area contributed by atoms with Crippen molar-refractivity contribution in [3.8, 4) is 5.75 Å². The van der Waals surface area contributed by atoms with Crippen LogP contribution in [0.2, 0.25) is 0 Å². The van der Waals surface area contributed by atoms with Gasteiger partial charge in [-0.1, -0.05) is 6.92 Å². The van der Waals surface area contributed by atoms with Crippen LogP contribution in [0.3, 0.4) is 0 Å². The number of carbonyl (C=O) groups is 1. The highest BCUT2D eigenvalue weighted by atomic mass is 19.2. The molecule has 1 rings (SSSR count). The first kappa shape index (κ1) is 13.3. The first-order valence-corrected chi connectivity index (χ1v) is 4.81. The normalized spacial score (nSPS) is 12.3. The molecule has 0 amide bonds. The van der Waals surface area contributed by atoms with Crippen LogP contribution in [0.25, 0.3) is 0 Å². The van der Waals surface area contributed by atoms with E-state index in [0.717, 1.165) is 13.2 Å². The Hall–Kier alpha value is -1.72. The van der Waals surface area contributed by atoms with Crippen LogP contribution < -0.4 is 4.74 Å². The van der Waals surface area contributed by atoms with E-state index in [2.05, 4.69) is 4.74 Å². The van der Waals surface area contributed by atoms with Gasteiger partial charge in [-0.3, -0.25) is 4.79 Å². The monoisotopic (exact) mass is 248 g/mol. The van der Waals surface area contributed by atoms with Crippen LogP contribution in [0, 0.1) is 23.4 Å². The van der Waals surface area contributed by atoms with Gasteiger partial charge in [-0.15, -0.1) is 0 Å². The molecule has 0 radical (unpaired) electrons. The molecule has 0 spiro atoms. The Balaban J connectivity index is 3.19. The zero-order chi connectivity index (χ0) is 13.2. The quantitative estimate of drug-likeness (QED) is 0.832. The van der Waals surface area contributed by atoms with E-state index >= 15 is 0 Å². The summed E-state index contributed by atoms with van der Waals surface area (Å²) in [5.74, 6) is -6.87. The van der Waals surface area contributed by atoms with Crippen molar-refractivity contribution in [2.75, 3.05) is 7.11 Å². The van der Waals surface area contributed by atoms with Gasteiger partial charge in [-0.2, -0.15) is 4.39 Å². The van der Waals surface area contributed by atoms with Crippen LogP contribution in [0.5, 0.6) is 5.75 Å². The average molecular weight is 248 g/mol. The van der Waals surface area contributed by atoms with Crippen LogP contribution in [-0.2, 0) is 11.2 Å². The summed E-state index contributed by atoms with van der Waals surface area (Å²) in [7, 11) is 1.10. The Morgan fingerprint density at radius 1 is 1.41 bits per heavy atom. The Bertz CT molecular complexity index is 446. The summed E-state index contributed by atoms with van der Waals surface area (Å²) in [4.78, 5) is 10.6. The maximum atomic E-state index is 13.3. The second-order valence-corrected chi connectivity index (χ2v) is 3.62. The number of ether oxygens (including phenoxy) is 1. The molecule has 6 heteroatoms. The van der Waals surface area contributed by atoms with E-state index in [9.17, 15) is 18.0 Å². The lowest BCUT2D eigenvalue weighted by molar-refractivity contribution is -0.141. The number of hydrogen-bond donors (Lipinski definition) is 1. The Kier molecular flexibility index (Phi) is 3.98. The molecular formula is C11H11F3O3. The third-order valence-electron chi connectivity index (χ3n) is 2.35. The molecule has 1 atom stereocenters. The molecule has 17 heavy (non-hydrogen) atoms. The lowest BCUT2D eigenvalue weighted by atomic mass is 10.00. The number of benzene rings is 1. The van der Waals surface area contributed by atoms with Gasteiger partial charge in [0.2, 0.25) is 5.82 Å². The fraction of sp³-hybridized carbons (Fsp3) is 0.364. The highest BCUT2D eigenvalue weighted by molar-refractivity contribution is 5.70. The van der Waals surface area contributed by atoms with E-state index in [0.29, 0.717) is 0 Å². The summed E-state index contributed by atoms with van der Waals surface area (Å²) in [6.07, 6.45) is -0.146. The standard InChI is InChI=1S/C11H11F3O3/c1-5(11(15)16)3-6-4-7(12)8(13)9(14)10(6)17-2/h4-5H,3H2,1-2H3,(H,15,16). The molecule has 0 saturated heterocycles. The van der Waals surface area contributed by atoms with Crippen molar-refractivity contribution in [3.05, 3.63) is 29.1 Å². The van der Waals surface area contributed by atoms with Gasteiger partial charge in [0.05, 0.1) is 13.0 Å². The lowest BCUT2D eigenvalue weighted by Crippen LogP contribution is -2.14. The largest absolute Gasteiger partial charge is 0.493 e. The SMILES string of the molecule is COc1c(CC(C)C(=O)O)cc(F)c(F)c1F. The minimum Gasteiger partial charge on any atom is -0.493 e. The zero-order valence-electron chi connectivity index (χ0n) is 9.26. The fourth-order valence-electron chi connectivity index (χ4n) is 1.42. The Morgan fingerprint density at radius 3 is 2.47 bits per heavy atom. The summed E-state index contributed by atoms with van der Waals surface area (Å²) in [5, 5.41) is 8.70. The van der Waals surface area contributed by atoms with Gasteiger partial charge in [0.1, 0.15) is 0 Å². The molecule has 0 fully saturated rings. The summed E-state index contributed by atoms with van der Waals surface area (Å²) in [6, 6.07) is 0.747. The second-order valence-electron chi connectivity index (χ2n) is 3.62. The number of hydrogen-bond acceptors (Lipinski definition) is 2. The average Bonchev–Trinajstić information content (AvgIpc) is 2.26. The van der Waals surface area contributed by atoms with Gasteiger partial charge >= 0.3 is 5.97 Å². The smallest absolute Gasteiger partial charge is 0.306 e. The molecule has 1 N–H and O–H groups in total. The predicted molar refractivity (Wildman–Crippen MR) is 53.4 cm³/mol. The van der Waals surface area contributed by atoms with Crippen molar-refractivity contribution >= 4 is 5.97 Å². The van der Waals surface area contributed by atoms with Gasteiger partial charge in [0, 0.05) is 5.56 Å². The van der Waals surface area contributed by atoms with Crippen molar-refractivity contribution in [2.45, 2.75) is 13.3 Å². The number of halogens is 3. The number of carboxylic acid groups (broad SMARTS) is 1. The molecule has 94 valence electrons. The van der Waals surface area contributed by atoms with E-state index in [1.165, 1.54) is 6.92 Å². The topological polar surface area (TPSA) is 46.5 Å². The van der Waals surface area contributed by atoms with Gasteiger partial charge in [0.25, 0.3) is 0 Å². The predicted octanol–water partition coefficient (Wildman–Crippen LogP) is 2.38. The molecule has 0 aromatic heterocycles. The van der Waals surface area contributed by atoms with E-state index < -0.39 is 35.1 Å². The van der Waals surface area contributed by atoms with Gasteiger partial charge < -0.3 is 9.84 Å². The first-order valence-electron chi connectivity index (χ1n) is 4.81. The van der Waals surface area contributed by atoms with Crippen LogP contribution in [-0.4, -0.2) is 18.2 Å². The van der Waals surface area contributed by atoms with Crippen molar-refractivity contribution < 1.29 is 27.8 Å². The Morgan fingerprint density at radius 2 is 2.00 bits per heavy atom. The summed E-state index contributed by atoms with van der Waals surface area (Å²) < 4.78 is 43.8. The van der Waals surface area contributed by atoms with Crippen LogP contribution in [0.15, 0.2) is 6.07 Å². The fourth-order valence-corrected chi connectivity index (χ4v) is 1.42. The number of methoxy groups -OCH3 is 1. The molecule has 0 aliphatic rings. The lowest BCUT2D eigenvalue weighted by Gasteiger charge is -2.12. The molecule has 1 unspecified atom stereocenters. The highest BCUT2D eigenvalue weighted by Gasteiger charge is 2.22. The third kappa shape index (κ3) is 2.69. The van der Waals surface area contributed by atoms with Gasteiger partial charge in [0.15, 0.2) is 17.4 Å². The van der Waals surface area contributed by atoms with Crippen LogP contribution in [0.4, 0.5) is 13.2 Å². The van der Waals surface area contributed by atoms with Crippen molar-refractivity contribution in [1.29, 1.82) is 0 Å². The van der Waals surface area contributed by atoms with E-state index in [1.54, 1.807) is 0 Å². The maximum absolute atomic E-state index is 13.3. The summed E-state index contributed by atoms with van der Waals surface area (Å²) in [6.45, 7) is 1.38. The molecule has 0 heterocycles. The molecule has 0 aliphatic heterocycles. The number of rotatable bonds is 4. The van der Waals surface area contributed by atoms with Crippen LogP contribution >= 0.6 is 0 Å². The van der Waals surface area contributed by atoms with Crippen molar-refractivity contribution in [1.82, 2.24) is 0 Å². The molecule has 0 aliphatic carbocycles. The summed E-state index contributed by atoms with van der Waals surface area (Å²) >= 11 is 0. The molecule has 1 aromatic rings. The molecule has 0 saturated carbocycles. The summed E-state index contributed by atoms with van der Waals surface area (Å²) in [5.41, 5.74) is -0.0150. The molecule has 1 aromatic carbocycles.